The summed E-state index contributed by atoms with van der Waals surface area (Å²) >= 11 is 3.65. The van der Waals surface area contributed by atoms with Crippen LogP contribution >= 0.6 is 23.1 Å². The second kappa shape index (κ2) is 4.99. The molecule has 0 amide bonds. The lowest BCUT2D eigenvalue weighted by molar-refractivity contribution is -0.0629. The Hall–Kier alpha value is -0.0600. The van der Waals surface area contributed by atoms with Crippen molar-refractivity contribution in [2.24, 2.45) is 28.9 Å². The van der Waals surface area contributed by atoms with Gasteiger partial charge in [-0.3, -0.25) is 0 Å². The van der Waals surface area contributed by atoms with Crippen LogP contribution in [0.4, 0.5) is 0 Å². The summed E-state index contributed by atoms with van der Waals surface area (Å²) in [6.07, 6.45) is 8.76. The highest BCUT2D eigenvalue weighted by Gasteiger charge is 2.53. The van der Waals surface area contributed by atoms with E-state index in [1.807, 2.05) is 11.8 Å². The fourth-order valence-electron chi connectivity index (χ4n) is 5.37. The average molecular weight is 309 g/mol. The van der Waals surface area contributed by atoms with Gasteiger partial charge in [-0.2, -0.15) is 0 Å². The fraction of sp³-hybridized carbons (Fsp3) is 0.812. The van der Waals surface area contributed by atoms with Crippen molar-refractivity contribution in [2.45, 2.75) is 55.8 Å². The molecule has 1 heterocycles. The Morgan fingerprint density at radius 1 is 1.30 bits per heavy atom. The first-order valence-corrected chi connectivity index (χ1v) is 9.80. The van der Waals surface area contributed by atoms with Crippen molar-refractivity contribution in [1.82, 2.24) is 4.98 Å². The van der Waals surface area contributed by atoms with Crippen molar-refractivity contribution in [3.63, 3.8) is 0 Å². The van der Waals surface area contributed by atoms with Crippen LogP contribution in [-0.2, 0) is 0 Å². The highest BCUT2D eigenvalue weighted by atomic mass is 32.2. The molecule has 5 rings (SSSR count). The minimum atomic E-state index is 0.366. The first-order chi connectivity index (χ1) is 9.63. The summed E-state index contributed by atoms with van der Waals surface area (Å²) in [5.41, 5.74) is 8.30. The van der Waals surface area contributed by atoms with E-state index in [-0.39, 0.29) is 0 Å². The number of nitrogens with zero attached hydrogens (tertiary/aromatic N) is 1. The molecule has 1 atom stereocenters. The van der Waals surface area contributed by atoms with Gasteiger partial charge in [0.1, 0.15) is 4.34 Å². The van der Waals surface area contributed by atoms with Gasteiger partial charge in [-0.25, -0.2) is 4.98 Å². The summed E-state index contributed by atoms with van der Waals surface area (Å²) in [6, 6.07) is 0.366. The second-order valence-electron chi connectivity index (χ2n) is 7.45. The summed E-state index contributed by atoms with van der Waals surface area (Å²) < 4.78 is 1.20. The van der Waals surface area contributed by atoms with Crippen LogP contribution in [0.15, 0.2) is 9.72 Å². The fourth-order valence-corrected chi connectivity index (χ4v) is 7.39. The molecular weight excluding hydrogens is 284 g/mol. The molecule has 1 unspecified atom stereocenters. The van der Waals surface area contributed by atoms with E-state index in [0.717, 1.165) is 29.2 Å². The van der Waals surface area contributed by atoms with Crippen molar-refractivity contribution >= 4 is 23.1 Å². The lowest BCUT2D eigenvalue weighted by Crippen LogP contribution is -2.55. The third-order valence-electron chi connectivity index (χ3n) is 5.86. The molecule has 20 heavy (non-hydrogen) atoms. The SMILES string of the molecule is Cc1csc(SCC(N)C23CC4CC(CC(C4)C2)C3)n1. The van der Waals surface area contributed by atoms with Gasteiger partial charge in [-0.1, -0.05) is 11.8 Å². The third-order valence-corrected chi connectivity index (χ3v) is 8.11. The molecule has 0 aromatic carbocycles. The average Bonchev–Trinajstić information content (AvgIpc) is 2.80. The molecule has 4 heteroatoms. The number of rotatable bonds is 4. The van der Waals surface area contributed by atoms with Crippen LogP contribution < -0.4 is 5.73 Å². The van der Waals surface area contributed by atoms with E-state index < -0.39 is 0 Å². The maximum Gasteiger partial charge on any atom is 0.150 e. The van der Waals surface area contributed by atoms with Gasteiger partial charge in [-0.05, 0) is 68.6 Å². The van der Waals surface area contributed by atoms with Crippen molar-refractivity contribution in [3.8, 4) is 0 Å². The molecule has 4 aliphatic rings. The molecule has 4 saturated carbocycles. The molecule has 0 radical (unpaired) electrons. The summed E-state index contributed by atoms with van der Waals surface area (Å²) in [4.78, 5) is 4.55. The normalized spacial score (nSPS) is 40.2. The summed E-state index contributed by atoms with van der Waals surface area (Å²) in [6.45, 7) is 2.07. The number of aromatic nitrogens is 1. The van der Waals surface area contributed by atoms with E-state index in [0.29, 0.717) is 11.5 Å². The Morgan fingerprint density at radius 2 is 1.90 bits per heavy atom. The van der Waals surface area contributed by atoms with Crippen molar-refractivity contribution in [2.75, 3.05) is 5.75 Å². The van der Waals surface area contributed by atoms with Gasteiger partial charge in [0, 0.05) is 22.9 Å². The second-order valence-corrected chi connectivity index (χ2v) is 9.58. The highest BCUT2D eigenvalue weighted by Crippen LogP contribution is 2.61. The molecule has 4 fully saturated rings. The number of thiazole rings is 1. The zero-order valence-electron chi connectivity index (χ0n) is 12.2. The highest BCUT2D eigenvalue weighted by molar-refractivity contribution is 8.01. The standard InChI is InChI=1S/C16H24N2S2/c1-10-8-19-15(18-10)20-9-14(17)16-5-11-2-12(6-16)4-13(3-11)7-16/h8,11-14H,2-7,9,17H2,1H3. The van der Waals surface area contributed by atoms with E-state index in [2.05, 4.69) is 17.3 Å². The molecule has 0 spiro atoms. The molecule has 0 saturated heterocycles. The van der Waals surface area contributed by atoms with Gasteiger partial charge >= 0.3 is 0 Å². The third kappa shape index (κ3) is 2.34. The summed E-state index contributed by atoms with van der Waals surface area (Å²) in [7, 11) is 0. The maximum absolute atomic E-state index is 6.68. The zero-order valence-corrected chi connectivity index (χ0v) is 13.8. The Morgan fingerprint density at radius 3 is 2.40 bits per heavy atom. The van der Waals surface area contributed by atoms with Gasteiger partial charge in [0.2, 0.25) is 0 Å². The molecule has 1 aromatic rings. The van der Waals surface area contributed by atoms with Crippen molar-refractivity contribution < 1.29 is 0 Å². The number of nitrogens with two attached hydrogens (primary N) is 1. The largest absolute Gasteiger partial charge is 0.326 e. The van der Waals surface area contributed by atoms with Crippen LogP contribution in [-0.4, -0.2) is 16.8 Å². The van der Waals surface area contributed by atoms with Crippen LogP contribution in [0, 0.1) is 30.1 Å². The Labute approximate surface area is 129 Å². The van der Waals surface area contributed by atoms with Gasteiger partial charge in [0.25, 0.3) is 0 Å². The number of thioether (sulfide) groups is 1. The maximum atomic E-state index is 6.68. The molecule has 1 aromatic heterocycles. The summed E-state index contributed by atoms with van der Waals surface area (Å²) in [5.74, 6) is 4.05. The molecule has 0 aliphatic heterocycles. The van der Waals surface area contributed by atoms with Crippen LogP contribution in [0.5, 0.6) is 0 Å². The van der Waals surface area contributed by atoms with Crippen LogP contribution in [0.2, 0.25) is 0 Å². The topological polar surface area (TPSA) is 38.9 Å². The van der Waals surface area contributed by atoms with Crippen molar-refractivity contribution in [1.29, 1.82) is 0 Å². The Bertz CT molecular complexity index is 461. The van der Waals surface area contributed by atoms with Gasteiger partial charge in [-0.15, -0.1) is 11.3 Å². The number of hydrogen-bond acceptors (Lipinski definition) is 4. The van der Waals surface area contributed by atoms with Gasteiger partial charge in [0.15, 0.2) is 0 Å². The van der Waals surface area contributed by atoms with E-state index in [9.17, 15) is 0 Å². The monoisotopic (exact) mass is 308 g/mol. The molecule has 4 bridgehead atoms. The number of aryl methyl sites for hydroxylation is 1. The van der Waals surface area contributed by atoms with E-state index >= 15 is 0 Å². The van der Waals surface area contributed by atoms with Crippen LogP contribution in [0.1, 0.15) is 44.2 Å². The summed E-state index contributed by atoms with van der Waals surface area (Å²) in [5, 5.41) is 2.14. The Balaban J connectivity index is 1.44. The predicted molar refractivity (Wildman–Crippen MR) is 86.2 cm³/mol. The quantitative estimate of drug-likeness (QED) is 0.852. The first kappa shape index (κ1) is 13.6. The molecular formula is C16H24N2S2. The molecule has 4 aliphatic carbocycles. The Kier molecular flexibility index (Phi) is 3.39. The predicted octanol–water partition coefficient (Wildman–Crippen LogP) is 4.09. The molecule has 2 N–H and O–H groups in total. The minimum Gasteiger partial charge on any atom is -0.326 e. The number of hydrogen-bond donors (Lipinski definition) is 1. The zero-order chi connectivity index (χ0) is 13.7. The van der Waals surface area contributed by atoms with E-state index in [1.54, 1.807) is 11.3 Å². The van der Waals surface area contributed by atoms with Gasteiger partial charge < -0.3 is 5.73 Å². The lowest BCUT2D eigenvalue weighted by atomic mass is 9.48. The molecule has 2 nitrogen and oxygen atoms in total. The molecule has 110 valence electrons. The minimum absolute atomic E-state index is 0.366. The lowest BCUT2D eigenvalue weighted by Gasteiger charge is -2.59. The van der Waals surface area contributed by atoms with Gasteiger partial charge in [0.05, 0.1) is 0 Å². The van der Waals surface area contributed by atoms with Crippen molar-refractivity contribution in [3.05, 3.63) is 11.1 Å². The van der Waals surface area contributed by atoms with E-state index in [1.165, 1.54) is 42.9 Å². The first-order valence-electron chi connectivity index (χ1n) is 7.93. The smallest absolute Gasteiger partial charge is 0.150 e. The van der Waals surface area contributed by atoms with Crippen LogP contribution in [0.25, 0.3) is 0 Å². The van der Waals surface area contributed by atoms with E-state index in [4.69, 9.17) is 5.73 Å². The van der Waals surface area contributed by atoms with Crippen LogP contribution in [0.3, 0.4) is 0 Å².